The highest BCUT2D eigenvalue weighted by molar-refractivity contribution is 7.89. The van der Waals surface area contributed by atoms with Gasteiger partial charge in [-0.25, -0.2) is 13.1 Å². The molecular formula is C15H23NO4S. The molecule has 0 radical (unpaired) electrons. The van der Waals surface area contributed by atoms with Gasteiger partial charge in [-0.2, -0.15) is 0 Å². The number of sulfonamides is 1. The standard InChI is InChI=1S/C15H23NO4S/c1-3-20-15-9-8-12(10-11(15)2)21(18,19)16-13-6-4-5-7-14(13)17/h8-10,13-14,16-17H,3-7H2,1-2H3/t13-,14-/m1/s1. The molecular weight excluding hydrogens is 290 g/mol. The molecule has 2 atom stereocenters. The van der Waals surface area contributed by atoms with E-state index in [-0.39, 0.29) is 4.90 Å². The van der Waals surface area contributed by atoms with Crippen molar-refractivity contribution < 1.29 is 18.3 Å². The van der Waals surface area contributed by atoms with E-state index in [0.29, 0.717) is 25.2 Å². The molecule has 0 saturated heterocycles. The molecule has 1 fully saturated rings. The maximum atomic E-state index is 12.4. The molecule has 1 aliphatic rings. The van der Waals surface area contributed by atoms with Gasteiger partial charge in [0.2, 0.25) is 10.0 Å². The van der Waals surface area contributed by atoms with Crippen molar-refractivity contribution in [3.05, 3.63) is 23.8 Å². The van der Waals surface area contributed by atoms with Crippen LogP contribution in [0.3, 0.4) is 0 Å². The van der Waals surface area contributed by atoms with Crippen molar-refractivity contribution in [2.24, 2.45) is 0 Å². The fourth-order valence-corrected chi connectivity index (χ4v) is 4.01. The predicted molar refractivity (Wildman–Crippen MR) is 80.9 cm³/mol. The highest BCUT2D eigenvalue weighted by atomic mass is 32.2. The molecule has 2 N–H and O–H groups in total. The minimum Gasteiger partial charge on any atom is -0.494 e. The molecule has 2 rings (SSSR count). The van der Waals surface area contributed by atoms with E-state index in [0.717, 1.165) is 18.4 Å². The van der Waals surface area contributed by atoms with E-state index in [1.165, 1.54) is 6.07 Å². The van der Waals surface area contributed by atoms with Gasteiger partial charge in [0.25, 0.3) is 0 Å². The summed E-state index contributed by atoms with van der Waals surface area (Å²) in [5.41, 5.74) is 0.781. The normalized spacial score (nSPS) is 23.0. The molecule has 0 unspecified atom stereocenters. The van der Waals surface area contributed by atoms with Crippen LogP contribution in [0.2, 0.25) is 0 Å². The van der Waals surface area contributed by atoms with Crippen LogP contribution in [-0.4, -0.2) is 32.3 Å². The summed E-state index contributed by atoms with van der Waals surface area (Å²) in [5, 5.41) is 9.90. The number of nitrogens with one attached hydrogen (secondary N) is 1. The molecule has 21 heavy (non-hydrogen) atoms. The molecule has 5 nitrogen and oxygen atoms in total. The Kier molecular flexibility index (Phi) is 5.24. The van der Waals surface area contributed by atoms with Gasteiger partial charge in [0.1, 0.15) is 5.75 Å². The summed E-state index contributed by atoms with van der Waals surface area (Å²) in [5.74, 6) is 0.689. The van der Waals surface area contributed by atoms with Crippen molar-refractivity contribution in [2.75, 3.05) is 6.61 Å². The summed E-state index contributed by atoms with van der Waals surface area (Å²) in [6.45, 7) is 4.25. The Labute approximate surface area is 126 Å². The topological polar surface area (TPSA) is 75.6 Å². The third-order valence-electron chi connectivity index (χ3n) is 3.79. The van der Waals surface area contributed by atoms with Gasteiger partial charge in [-0.15, -0.1) is 0 Å². The minimum atomic E-state index is -3.61. The van der Waals surface area contributed by atoms with Gasteiger partial charge < -0.3 is 9.84 Å². The molecule has 1 aromatic carbocycles. The second kappa shape index (κ2) is 6.77. The molecule has 0 amide bonds. The number of hydrogen-bond acceptors (Lipinski definition) is 4. The van der Waals surface area contributed by atoms with Crippen LogP contribution in [0.15, 0.2) is 23.1 Å². The maximum absolute atomic E-state index is 12.4. The third kappa shape index (κ3) is 3.96. The highest BCUT2D eigenvalue weighted by Crippen LogP contribution is 2.24. The summed E-state index contributed by atoms with van der Waals surface area (Å²) in [4.78, 5) is 0.209. The first kappa shape index (κ1) is 16.3. The van der Waals surface area contributed by atoms with E-state index in [2.05, 4.69) is 4.72 Å². The van der Waals surface area contributed by atoms with Crippen LogP contribution in [0.1, 0.15) is 38.2 Å². The number of rotatable bonds is 5. The molecule has 1 aliphatic carbocycles. The zero-order valence-corrected chi connectivity index (χ0v) is 13.3. The van der Waals surface area contributed by atoms with Gasteiger partial charge in [0, 0.05) is 6.04 Å². The van der Waals surface area contributed by atoms with Crippen molar-refractivity contribution in [3.63, 3.8) is 0 Å². The Bertz CT molecular complexity index is 585. The molecule has 0 heterocycles. The lowest BCUT2D eigenvalue weighted by molar-refractivity contribution is 0.101. The van der Waals surface area contributed by atoms with E-state index < -0.39 is 22.2 Å². The molecule has 1 saturated carbocycles. The third-order valence-corrected chi connectivity index (χ3v) is 5.28. The van der Waals surface area contributed by atoms with Crippen LogP contribution in [0.25, 0.3) is 0 Å². The Morgan fingerprint density at radius 3 is 2.67 bits per heavy atom. The largest absolute Gasteiger partial charge is 0.494 e. The number of ether oxygens (including phenoxy) is 1. The summed E-state index contributed by atoms with van der Waals surface area (Å²) in [6, 6.07) is 4.42. The molecule has 0 bridgehead atoms. The van der Waals surface area contributed by atoms with E-state index in [1.54, 1.807) is 12.1 Å². The van der Waals surface area contributed by atoms with E-state index in [4.69, 9.17) is 4.74 Å². The quantitative estimate of drug-likeness (QED) is 0.871. The van der Waals surface area contributed by atoms with E-state index >= 15 is 0 Å². The first-order valence-corrected chi connectivity index (χ1v) is 8.86. The number of hydrogen-bond donors (Lipinski definition) is 2. The Hall–Kier alpha value is -1.11. The van der Waals surface area contributed by atoms with Crippen molar-refractivity contribution >= 4 is 10.0 Å². The second-order valence-electron chi connectivity index (χ2n) is 5.44. The van der Waals surface area contributed by atoms with Gasteiger partial charge in [0.05, 0.1) is 17.6 Å². The van der Waals surface area contributed by atoms with Gasteiger partial charge in [-0.05, 0) is 50.5 Å². The number of aryl methyl sites for hydroxylation is 1. The van der Waals surface area contributed by atoms with Crippen LogP contribution in [0.4, 0.5) is 0 Å². The Balaban J connectivity index is 2.17. The fraction of sp³-hybridized carbons (Fsp3) is 0.600. The fourth-order valence-electron chi connectivity index (χ4n) is 2.62. The zero-order valence-electron chi connectivity index (χ0n) is 12.5. The summed E-state index contributed by atoms with van der Waals surface area (Å²) >= 11 is 0. The number of aliphatic hydroxyl groups excluding tert-OH is 1. The monoisotopic (exact) mass is 313 g/mol. The van der Waals surface area contributed by atoms with Crippen LogP contribution < -0.4 is 9.46 Å². The molecule has 1 aromatic rings. The van der Waals surface area contributed by atoms with Crippen LogP contribution >= 0.6 is 0 Å². The summed E-state index contributed by atoms with van der Waals surface area (Å²) in [6.07, 6.45) is 2.61. The van der Waals surface area contributed by atoms with Crippen molar-refractivity contribution in [3.8, 4) is 5.75 Å². The SMILES string of the molecule is CCOc1ccc(S(=O)(=O)N[C@@H]2CCCC[C@H]2O)cc1C. The van der Waals surface area contributed by atoms with Gasteiger partial charge in [-0.3, -0.25) is 0 Å². The van der Waals surface area contributed by atoms with Gasteiger partial charge in [0.15, 0.2) is 0 Å². The average molecular weight is 313 g/mol. The first-order chi connectivity index (χ1) is 9.94. The predicted octanol–water partition coefficient (Wildman–Crippen LogP) is 1.98. The van der Waals surface area contributed by atoms with Gasteiger partial charge >= 0.3 is 0 Å². The van der Waals surface area contributed by atoms with Crippen molar-refractivity contribution in [1.82, 2.24) is 4.72 Å². The number of benzene rings is 1. The van der Waals surface area contributed by atoms with E-state index in [1.807, 2.05) is 13.8 Å². The van der Waals surface area contributed by atoms with Crippen molar-refractivity contribution in [1.29, 1.82) is 0 Å². The van der Waals surface area contributed by atoms with E-state index in [9.17, 15) is 13.5 Å². The average Bonchev–Trinajstić information content (AvgIpc) is 2.43. The second-order valence-corrected chi connectivity index (χ2v) is 7.15. The summed E-state index contributed by atoms with van der Waals surface area (Å²) in [7, 11) is -3.61. The highest BCUT2D eigenvalue weighted by Gasteiger charge is 2.28. The molecule has 0 spiro atoms. The lowest BCUT2D eigenvalue weighted by Crippen LogP contribution is -2.44. The molecule has 0 aliphatic heterocycles. The van der Waals surface area contributed by atoms with Crippen molar-refractivity contribution in [2.45, 2.75) is 56.6 Å². The first-order valence-electron chi connectivity index (χ1n) is 7.38. The smallest absolute Gasteiger partial charge is 0.240 e. The zero-order chi connectivity index (χ0) is 15.5. The lowest BCUT2D eigenvalue weighted by atomic mass is 9.93. The Morgan fingerprint density at radius 1 is 1.33 bits per heavy atom. The minimum absolute atomic E-state index is 0.209. The molecule has 0 aromatic heterocycles. The number of aliphatic hydroxyl groups is 1. The lowest BCUT2D eigenvalue weighted by Gasteiger charge is -2.28. The van der Waals surface area contributed by atoms with Crippen LogP contribution in [0.5, 0.6) is 5.75 Å². The summed E-state index contributed by atoms with van der Waals surface area (Å²) < 4.78 is 32.8. The Morgan fingerprint density at radius 2 is 2.05 bits per heavy atom. The van der Waals surface area contributed by atoms with Crippen LogP contribution in [0, 0.1) is 6.92 Å². The molecule has 118 valence electrons. The van der Waals surface area contributed by atoms with Gasteiger partial charge in [-0.1, -0.05) is 12.8 Å². The van der Waals surface area contributed by atoms with Crippen LogP contribution in [-0.2, 0) is 10.0 Å². The molecule has 6 heteroatoms. The maximum Gasteiger partial charge on any atom is 0.240 e.